The fourth-order valence-electron chi connectivity index (χ4n) is 0.758. The SMILES string of the molecule is O=[N+]([O-])c1cc(S(=O)O)ccc1S.[Na]. The fraction of sp³-hybridized carbons (Fsp3) is 0. The molecule has 0 aliphatic heterocycles. The van der Waals surface area contributed by atoms with Crippen LogP contribution in [-0.2, 0) is 11.1 Å². The molecule has 1 atom stereocenters. The molecule has 71 valence electrons. The van der Waals surface area contributed by atoms with E-state index in [0.29, 0.717) is 0 Å². The minimum atomic E-state index is -2.20. The number of nitro groups is 1. The number of thiol groups is 1. The van der Waals surface area contributed by atoms with E-state index in [2.05, 4.69) is 12.6 Å². The summed E-state index contributed by atoms with van der Waals surface area (Å²) < 4.78 is 19.2. The van der Waals surface area contributed by atoms with Crippen molar-refractivity contribution in [2.24, 2.45) is 0 Å². The van der Waals surface area contributed by atoms with E-state index in [1.54, 1.807) is 0 Å². The number of hydrogen-bond donors (Lipinski definition) is 2. The van der Waals surface area contributed by atoms with Crippen molar-refractivity contribution in [3.63, 3.8) is 0 Å². The molecular formula is C6H5NNaO4S2. The summed E-state index contributed by atoms with van der Waals surface area (Å²) in [5.74, 6) is 0. The molecule has 8 heteroatoms. The summed E-state index contributed by atoms with van der Waals surface area (Å²) >= 11 is 1.63. The van der Waals surface area contributed by atoms with Crippen molar-refractivity contribution in [3.05, 3.63) is 28.3 Å². The van der Waals surface area contributed by atoms with Crippen LogP contribution in [0.4, 0.5) is 5.69 Å². The third kappa shape index (κ3) is 3.34. The molecule has 0 aliphatic carbocycles. The Morgan fingerprint density at radius 2 is 2.07 bits per heavy atom. The van der Waals surface area contributed by atoms with Crippen LogP contribution in [0.1, 0.15) is 0 Å². The third-order valence-corrected chi connectivity index (χ3v) is 2.38. The molecule has 0 bridgehead atoms. The first-order chi connectivity index (χ1) is 6.02. The third-order valence-electron chi connectivity index (χ3n) is 1.35. The summed E-state index contributed by atoms with van der Waals surface area (Å²) in [7, 11) is 0. The van der Waals surface area contributed by atoms with Gasteiger partial charge in [-0.2, -0.15) is 0 Å². The second-order valence-electron chi connectivity index (χ2n) is 2.16. The molecule has 0 aliphatic rings. The molecule has 1 N–H and O–H groups in total. The fourth-order valence-corrected chi connectivity index (χ4v) is 1.38. The summed E-state index contributed by atoms with van der Waals surface area (Å²) in [4.78, 5) is 9.87. The van der Waals surface area contributed by atoms with Gasteiger partial charge in [-0.25, -0.2) is 4.21 Å². The number of nitro benzene ring substituents is 1. The first-order valence-electron chi connectivity index (χ1n) is 3.10. The Balaban J connectivity index is 0.00000169. The zero-order valence-electron chi connectivity index (χ0n) is 7.21. The Kier molecular flexibility index (Phi) is 5.87. The van der Waals surface area contributed by atoms with E-state index in [1.165, 1.54) is 12.1 Å². The Hall–Kier alpha value is 0.0800. The van der Waals surface area contributed by atoms with Crippen LogP contribution in [-0.4, -0.2) is 43.2 Å². The van der Waals surface area contributed by atoms with E-state index in [0.717, 1.165) is 6.07 Å². The maximum atomic E-state index is 10.6. The van der Waals surface area contributed by atoms with Gasteiger partial charge in [0.1, 0.15) is 0 Å². The van der Waals surface area contributed by atoms with Crippen molar-refractivity contribution in [1.29, 1.82) is 0 Å². The minimum Gasteiger partial charge on any atom is -0.302 e. The van der Waals surface area contributed by atoms with E-state index in [1.807, 2.05) is 0 Å². The first-order valence-corrected chi connectivity index (χ1v) is 4.66. The molecule has 0 fully saturated rings. The molecule has 0 saturated heterocycles. The van der Waals surface area contributed by atoms with Crippen molar-refractivity contribution in [3.8, 4) is 0 Å². The largest absolute Gasteiger partial charge is 0.302 e. The smallest absolute Gasteiger partial charge is 0.283 e. The molecule has 1 aromatic rings. The van der Waals surface area contributed by atoms with Gasteiger partial charge in [-0.1, -0.05) is 0 Å². The van der Waals surface area contributed by atoms with Gasteiger partial charge in [0.05, 0.1) is 14.7 Å². The summed E-state index contributed by atoms with van der Waals surface area (Å²) in [5.41, 5.74) is -0.275. The molecule has 0 spiro atoms. The van der Waals surface area contributed by atoms with Gasteiger partial charge in [-0.15, -0.1) is 12.6 Å². The molecular weight excluding hydrogens is 237 g/mol. The maximum absolute atomic E-state index is 10.6. The van der Waals surface area contributed by atoms with Crippen LogP contribution in [0.3, 0.4) is 0 Å². The Morgan fingerprint density at radius 3 is 2.50 bits per heavy atom. The minimum absolute atomic E-state index is 0. The topological polar surface area (TPSA) is 80.4 Å². The molecule has 1 aromatic carbocycles. The van der Waals surface area contributed by atoms with E-state index < -0.39 is 16.0 Å². The van der Waals surface area contributed by atoms with Crippen molar-refractivity contribution < 1.29 is 13.7 Å². The van der Waals surface area contributed by atoms with Gasteiger partial charge in [0, 0.05) is 35.6 Å². The average molecular weight is 242 g/mol. The second-order valence-corrected chi connectivity index (χ2v) is 3.61. The van der Waals surface area contributed by atoms with Crippen LogP contribution >= 0.6 is 12.6 Å². The van der Waals surface area contributed by atoms with Gasteiger partial charge in [0.2, 0.25) is 0 Å². The van der Waals surface area contributed by atoms with Crippen molar-refractivity contribution in [2.75, 3.05) is 0 Å². The summed E-state index contributed by atoms with van der Waals surface area (Å²) in [6, 6.07) is 3.65. The van der Waals surface area contributed by atoms with Crippen LogP contribution in [0.15, 0.2) is 28.0 Å². The van der Waals surface area contributed by atoms with E-state index in [9.17, 15) is 14.3 Å². The Bertz CT molecular complexity index is 384. The Labute approximate surface area is 110 Å². The summed E-state index contributed by atoms with van der Waals surface area (Å²) in [6.45, 7) is 0. The van der Waals surface area contributed by atoms with Gasteiger partial charge in [-0.05, 0) is 12.1 Å². The normalized spacial score (nSPS) is 11.6. The van der Waals surface area contributed by atoms with Crippen LogP contribution in [0.2, 0.25) is 0 Å². The molecule has 0 saturated carbocycles. The number of hydrogen-bond acceptors (Lipinski definition) is 4. The molecule has 1 unspecified atom stereocenters. The summed E-state index contributed by atoms with van der Waals surface area (Å²) in [6.07, 6.45) is 0. The van der Waals surface area contributed by atoms with E-state index >= 15 is 0 Å². The predicted molar refractivity (Wildman–Crippen MR) is 55.1 cm³/mol. The standard InChI is InChI=1S/C6H5NO4S2.Na/c8-7(9)5-3-4(13(10)11)1-2-6(5)12;/h1-3,12H,(H,10,11);. The van der Waals surface area contributed by atoms with Crippen LogP contribution in [0.5, 0.6) is 0 Å². The Morgan fingerprint density at radius 1 is 1.50 bits per heavy atom. The van der Waals surface area contributed by atoms with Crippen LogP contribution in [0.25, 0.3) is 0 Å². The summed E-state index contributed by atoms with van der Waals surface area (Å²) in [5, 5.41) is 10.4. The van der Waals surface area contributed by atoms with Crippen molar-refractivity contribution in [1.82, 2.24) is 0 Å². The van der Waals surface area contributed by atoms with Crippen LogP contribution < -0.4 is 0 Å². The number of benzene rings is 1. The zero-order chi connectivity index (χ0) is 10.0. The molecule has 5 nitrogen and oxygen atoms in total. The van der Waals surface area contributed by atoms with Gasteiger partial charge in [0.15, 0.2) is 11.1 Å². The molecule has 1 rings (SSSR count). The van der Waals surface area contributed by atoms with Crippen molar-refractivity contribution >= 4 is 59.0 Å². The van der Waals surface area contributed by atoms with Gasteiger partial charge in [-0.3, -0.25) is 10.1 Å². The van der Waals surface area contributed by atoms with Crippen molar-refractivity contribution in [2.45, 2.75) is 9.79 Å². The predicted octanol–water partition coefficient (Wildman–Crippen LogP) is 1.08. The second kappa shape index (κ2) is 5.84. The van der Waals surface area contributed by atoms with Gasteiger partial charge >= 0.3 is 0 Å². The molecule has 14 heavy (non-hydrogen) atoms. The first kappa shape index (κ1) is 14.1. The zero-order valence-corrected chi connectivity index (χ0v) is 10.9. The van der Waals surface area contributed by atoms with Gasteiger partial charge < -0.3 is 4.55 Å². The molecule has 0 heterocycles. The average Bonchev–Trinajstić information content (AvgIpc) is 2.04. The molecule has 1 radical (unpaired) electrons. The van der Waals surface area contributed by atoms with E-state index in [4.69, 9.17) is 4.55 Å². The maximum Gasteiger partial charge on any atom is 0.283 e. The van der Waals surface area contributed by atoms with Crippen LogP contribution in [0, 0.1) is 10.1 Å². The molecule has 0 amide bonds. The monoisotopic (exact) mass is 242 g/mol. The number of rotatable bonds is 2. The van der Waals surface area contributed by atoms with E-state index in [-0.39, 0.29) is 45.0 Å². The number of nitrogens with zero attached hydrogens (tertiary/aromatic N) is 1. The van der Waals surface area contributed by atoms with Gasteiger partial charge in [0.25, 0.3) is 5.69 Å². The quantitative estimate of drug-likeness (QED) is 0.267. The molecule has 0 aromatic heterocycles.